The molecule has 0 aromatic heterocycles. The minimum absolute atomic E-state index is 0. The third-order valence-corrected chi connectivity index (χ3v) is 4.55. The van der Waals surface area contributed by atoms with Crippen molar-refractivity contribution >= 4 is 12.4 Å². The zero-order valence-electron chi connectivity index (χ0n) is 8.80. The third kappa shape index (κ3) is 1.93. The van der Waals surface area contributed by atoms with E-state index in [1.165, 1.54) is 44.9 Å². The zero-order valence-corrected chi connectivity index (χ0v) is 9.61. The van der Waals surface area contributed by atoms with E-state index in [0.29, 0.717) is 12.0 Å². The number of hydrogen-bond donors (Lipinski definition) is 2. The highest BCUT2D eigenvalue weighted by atomic mass is 35.5. The van der Waals surface area contributed by atoms with Crippen molar-refractivity contribution in [2.24, 2.45) is 16.6 Å². The van der Waals surface area contributed by atoms with Crippen LogP contribution in [0.1, 0.15) is 44.9 Å². The van der Waals surface area contributed by atoms with E-state index in [4.69, 9.17) is 5.73 Å². The van der Waals surface area contributed by atoms with Crippen LogP contribution >= 0.6 is 12.4 Å². The molecule has 3 fully saturated rings. The standard InChI is InChI=1S/C11H21NO.ClH/c12-8-10-2-1-3-11(9-13,6-4-10)7-5-10;/h13H,1-9,12H2;1H. The number of aliphatic hydroxyl groups excluding tert-OH is 1. The summed E-state index contributed by atoms with van der Waals surface area (Å²) in [4.78, 5) is 0. The van der Waals surface area contributed by atoms with Gasteiger partial charge in [-0.05, 0) is 55.9 Å². The average molecular weight is 220 g/mol. The maximum atomic E-state index is 9.42. The van der Waals surface area contributed by atoms with Crippen molar-refractivity contribution in [2.75, 3.05) is 13.2 Å². The van der Waals surface area contributed by atoms with E-state index in [2.05, 4.69) is 0 Å². The van der Waals surface area contributed by atoms with Gasteiger partial charge < -0.3 is 10.8 Å². The molecule has 84 valence electrons. The number of rotatable bonds is 2. The van der Waals surface area contributed by atoms with Gasteiger partial charge in [0.05, 0.1) is 0 Å². The number of fused-ring (bicyclic) bond motifs is 4. The van der Waals surface area contributed by atoms with E-state index in [9.17, 15) is 5.11 Å². The molecular weight excluding hydrogens is 198 g/mol. The first kappa shape index (κ1) is 12.3. The molecule has 2 nitrogen and oxygen atoms in total. The lowest BCUT2D eigenvalue weighted by atomic mass is 9.65. The molecule has 0 radical (unpaired) electrons. The summed E-state index contributed by atoms with van der Waals surface area (Å²) < 4.78 is 0. The summed E-state index contributed by atoms with van der Waals surface area (Å²) in [5.74, 6) is 0. The molecule has 0 aliphatic heterocycles. The Morgan fingerprint density at radius 3 is 1.93 bits per heavy atom. The summed E-state index contributed by atoms with van der Waals surface area (Å²) in [5, 5.41) is 9.42. The molecular formula is C11H22ClNO. The molecule has 2 bridgehead atoms. The monoisotopic (exact) mass is 219 g/mol. The molecule has 3 rings (SSSR count). The maximum absolute atomic E-state index is 9.42. The van der Waals surface area contributed by atoms with Crippen LogP contribution in [-0.2, 0) is 0 Å². The number of halogens is 1. The Balaban J connectivity index is 0.000000980. The summed E-state index contributed by atoms with van der Waals surface area (Å²) in [6, 6.07) is 0. The van der Waals surface area contributed by atoms with Gasteiger partial charge in [-0.1, -0.05) is 6.42 Å². The predicted molar refractivity (Wildman–Crippen MR) is 60.6 cm³/mol. The van der Waals surface area contributed by atoms with Gasteiger partial charge in [-0.25, -0.2) is 0 Å². The van der Waals surface area contributed by atoms with Crippen LogP contribution in [-0.4, -0.2) is 18.3 Å². The van der Waals surface area contributed by atoms with Crippen LogP contribution in [0.25, 0.3) is 0 Å². The van der Waals surface area contributed by atoms with E-state index in [0.717, 1.165) is 6.54 Å². The van der Waals surface area contributed by atoms with Crippen molar-refractivity contribution in [2.45, 2.75) is 44.9 Å². The first-order valence-electron chi connectivity index (χ1n) is 5.55. The van der Waals surface area contributed by atoms with Crippen LogP contribution in [0.15, 0.2) is 0 Å². The molecule has 0 amide bonds. The van der Waals surface area contributed by atoms with Crippen molar-refractivity contribution in [1.29, 1.82) is 0 Å². The average Bonchev–Trinajstić information content (AvgIpc) is 2.49. The van der Waals surface area contributed by atoms with E-state index in [1.807, 2.05) is 0 Å². The van der Waals surface area contributed by atoms with Crippen molar-refractivity contribution < 1.29 is 5.11 Å². The minimum Gasteiger partial charge on any atom is -0.396 e. The topological polar surface area (TPSA) is 46.2 Å². The van der Waals surface area contributed by atoms with E-state index in [-0.39, 0.29) is 17.8 Å². The van der Waals surface area contributed by atoms with Crippen LogP contribution < -0.4 is 5.73 Å². The quantitative estimate of drug-likeness (QED) is 0.747. The van der Waals surface area contributed by atoms with Gasteiger partial charge in [-0.15, -0.1) is 12.4 Å². The molecule has 3 heteroatoms. The molecule has 3 N–H and O–H groups in total. The Kier molecular flexibility index (Phi) is 3.84. The summed E-state index contributed by atoms with van der Waals surface area (Å²) >= 11 is 0. The summed E-state index contributed by atoms with van der Waals surface area (Å²) in [5.41, 5.74) is 6.61. The Labute approximate surface area is 92.7 Å². The van der Waals surface area contributed by atoms with Crippen molar-refractivity contribution in [1.82, 2.24) is 0 Å². The minimum atomic E-state index is 0. The van der Waals surface area contributed by atoms with Gasteiger partial charge in [0.25, 0.3) is 0 Å². The fourth-order valence-electron chi connectivity index (χ4n) is 3.19. The highest BCUT2D eigenvalue weighted by molar-refractivity contribution is 5.85. The van der Waals surface area contributed by atoms with Crippen LogP contribution in [0.5, 0.6) is 0 Å². The number of nitrogens with two attached hydrogens (primary N) is 1. The molecule has 3 aliphatic carbocycles. The van der Waals surface area contributed by atoms with Gasteiger partial charge in [0.1, 0.15) is 0 Å². The lowest BCUT2D eigenvalue weighted by molar-refractivity contribution is 0.0493. The van der Waals surface area contributed by atoms with Gasteiger partial charge in [-0.2, -0.15) is 0 Å². The molecule has 14 heavy (non-hydrogen) atoms. The van der Waals surface area contributed by atoms with Gasteiger partial charge in [0.2, 0.25) is 0 Å². The lowest BCUT2D eigenvalue weighted by Gasteiger charge is -2.41. The lowest BCUT2D eigenvalue weighted by Crippen LogP contribution is -2.37. The van der Waals surface area contributed by atoms with Gasteiger partial charge in [-0.3, -0.25) is 0 Å². The van der Waals surface area contributed by atoms with Crippen molar-refractivity contribution in [3.05, 3.63) is 0 Å². The van der Waals surface area contributed by atoms with E-state index < -0.39 is 0 Å². The molecule has 3 saturated carbocycles. The number of hydrogen-bond acceptors (Lipinski definition) is 2. The third-order valence-electron chi connectivity index (χ3n) is 4.55. The Bertz CT molecular complexity index is 168. The van der Waals surface area contributed by atoms with Crippen LogP contribution in [0.4, 0.5) is 0 Å². The zero-order chi connectivity index (χ0) is 9.36. The Morgan fingerprint density at radius 2 is 1.43 bits per heavy atom. The SMILES string of the molecule is Cl.NCC12CCCC(CO)(CC1)CC2. The summed E-state index contributed by atoms with van der Waals surface area (Å²) in [7, 11) is 0. The van der Waals surface area contributed by atoms with Gasteiger partial charge in [0.15, 0.2) is 0 Å². The molecule has 0 spiro atoms. The Hall–Kier alpha value is 0.210. The second-order valence-electron chi connectivity index (χ2n) is 5.22. The molecule has 0 heterocycles. The molecule has 0 atom stereocenters. The highest BCUT2D eigenvalue weighted by Gasteiger charge is 2.44. The molecule has 0 aromatic carbocycles. The maximum Gasteiger partial charge on any atom is 0.0487 e. The molecule has 0 unspecified atom stereocenters. The normalized spacial score (nSPS) is 41.6. The molecule has 0 aromatic rings. The Morgan fingerprint density at radius 1 is 0.929 bits per heavy atom. The van der Waals surface area contributed by atoms with Crippen molar-refractivity contribution in [3.8, 4) is 0 Å². The predicted octanol–water partition coefficient (Wildman–Crippen LogP) is 2.09. The van der Waals surface area contributed by atoms with Crippen LogP contribution in [0.2, 0.25) is 0 Å². The highest BCUT2D eigenvalue weighted by Crippen LogP contribution is 2.53. The summed E-state index contributed by atoms with van der Waals surface area (Å²) in [6.45, 7) is 1.25. The van der Waals surface area contributed by atoms with Crippen LogP contribution in [0.3, 0.4) is 0 Å². The number of aliphatic hydroxyl groups is 1. The fourth-order valence-corrected chi connectivity index (χ4v) is 3.19. The largest absolute Gasteiger partial charge is 0.396 e. The van der Waals surface area contributed by atoms with Gasteiger partial charge >= 0.3 is 0 Å². The molecule has 3 aliphatic rings. The first-order valence-corrected chi connectivity index (χ1v) is 5.55. The van der Waals surface area contributed by atoms with Crippen LogP contribution in [0, 0.1) is 10.8 Å². The van der Waals surface area contributed by atoms with E-state index in [1.54, 1.807) is 0 Å². The second-order valence-corrected chi connectivity index (χ2v) is 5.22. The van der Waals surface area contributed by atoms with Crippen molar-refractivity contribution in [3.63, 3.8) is 0 Å². The fraction of sp³-hybridized carbons (Fsp3) is 1.00. The first-order chi connectivity index (χ1) is 6.24. The molecule has 0 saturated heterocycles. The van der Waals surface area contributed by atoms with Gasteiger partial charge in [0, 0.05) is 6.61 Å². The van der Waals surface area contributed by atoms with E-state index >= 15 is 0 Å². The summed E-state index contributed by atoms with van der Waals surface area (Å²) in [6.07, 6.45) is 8.73. The second kappa shape index (κ2) is 4.38. The smallest absolute Gasteiger partial charge is 0.0487 e.